The summed E-state index contributed by atoms with van der Waals surface area (Å²) in [6, 6.07) is 11.3. The molecule has 28 heavy (non-hydrogen) atoms. The summed E-state index contributed by atoms with van der Waals surface area (Å²) in [5.74, 6) is 0.490. The van der Waals surface area contributed by atoms with Gasteiger partial charge in [-0.25, -0.2) is 9.78 Å². The van der Waals surface area contributed by atoms with Crippen molar-refractivity contribution in [2.24, 2.45) is 0 Å². The van der Waals surface area contributed by atoms with E-state index in [-0.39, 0.29) is 18.0 Å². The maximum atomic E-state index is 12.6. The van der Waals surface area contributed by atoms with E-state index >= 15 is 0 Å². The Hall–Kier alpha value is -3.09. The minimum absolute atomic E-state index is 0.170. The van der Waals surface area contributed by atoms with Gasteiger partial charge in [-0.3, -0.25) is 4.79 Å². The van der Waals surface area contributed by atoms with E-state index in [9.17, 15) is 9.59 Å². The average molecular weight is 382 g/mol. The molecule has 2 N–H and O–H groups in total. The summed E-state index contributed by atoms with van der Waals surface area (Å²) in [6.45, 7) is 5.43. The zero-order valence-electron chi connectivity index (χ0n) is 16.3. The van der Waals surface area contributed by atoms with E-state index < -0.39 is 0 Å². The third-order valence-corrected chi connectivity index (χ3v) is 4.79. The lowest BCUT2D eigenvalue weighted by atomic mass is 10.1. The highest BCUT2D eigenvalue weighted by molar-refractivity contribution is 6.05. The summed E-state index contributed by atoms with van der Waals surface area (Å²) in [5, 5.41) is 6.31. The predicted octanol–water partition coefficient (Wildman–Crippen LogP) is 3.68. The Morgan fingerprint density at radius 3 is 2.68 bits per heavy atom. The number of nitrogens with one attached hydrogen (secondary N) is 2. The number of rotatable bonds is 5. The molecular weight excluding hydrogens is 356 g/mol. The number of ether oxygens (including phenoxy) is 1. The van der Waals surface area contributed by atoms with Gasteiger partial charge in [0.05, 0.1) is 6.61 Å². The first-order valence-electron chi connectivity index (χ1n) is 9.58. The molecule has 1 fully saturated rings. The number of likely N-dealkylation sites (tertiary alicyclic amines) is 1. The molecule has 0 spiro atoms. The number of hydrogen-bond acceptors (Lipinski definition) is 5. The molecule has 2 heterocycles. The Kier molecular flexibility index (Phi) is 6.47. The van der Waals surface area contributed by atoms with E-state index in [1.165, 1.54) is 0 Å². The molecule has 1 saturated heterocycles. The lowest BCUT2D eigenvalue weighted by Crippen LogP contribution is -2.42. The first kappa shape index (κ1) is 19.7. The van der Waals surface area contributed by atoms with Crippen molar-refractivity contribution in [1.82, 2.24) is 9.88 Å². The number of nitrogens with zero attached hydrogens (tertiary/aromatic N) is 2. The number of aromatic nitrogens is 1. The highest BCUT2D eigenvalue weighted by Gasteiger charge is 2.23. The number of carbonyl (C=O) groups is 2. The van der Waals surface area contributed by atoms with Crippen LogP contribution in [0.4, 0.5) is 16.3 Å². The number of amides is 2. The molecular formula is C21H26N4O3. The van der Waals surface area contributed by atoms with E-state index in [2.05, 4.69) is 15.6 Å². The fourth-order valence-corrected chi connectivity index (χ4v) is 3.19. The van der Waals surface area contributed by atoms with Gasteiger partial charge in [0.2, 0.25) is 0 Å². The predicted molar refractivity (Wildman–Crippen MR) is 109 cm³/mol. The van der Waals surface area contributed by atoms with Crippen LogP contribution in [0.15, 0.2) is 42.6 Å². The number of carbonyl (C=O) groups excluding carboxylic acids is 2. The molecule has 0 saturated carbocycles. The molecule has 1 aromatic heterocycles. The van der Waals surface area contributed by atoms with Crippen molar-refractivity contribution < 1.29 is 14.3 Å². The van der Waals surface area contributed by atoms with Crippen LogP contribution < -0.4 is 10.6 Å². The molecule has 1 aliphatic heterocycles. The second-order valence-electron chi connectivity index (χ2n) is 6.80. The minimum Gasteiger partial charge on any atom is -0.450 e. The third kappa shape index (κ3) is 5.00. The summed E-state index contributed by atoms with van der Waals surface area (Å²) < 4.78 is 5.04. The molecule has 0 radical (unpaired) electrons. The minimum atomic E-state index is -0.256. The largest absolute Gasteiger partial charge is 0.450 e. The first-order valence-corrected chi connectivity index (χ1v) is 9.58. The van der Waals surface area contributed by atoms with Crippen molar-refractivity contribution in [1.29, 1.82) is 0 Å². The normalized spacial score (nSPS) is 14.4. The molecule has 0 unspecified atom stereocenters. The van der Waals surface area contributed by atoms with Gasteiger partial charge in [-0.05, 0) is 50.5 Å². The standard InChI is InChI=1S/C21H26N4O3/c1-3-28-21(27)25-12-9-17(10-13-25)23-19-14-16(8-11-22-19)20(26)24-18-7-5-4-6-15(18)2/h4-8,11,14,17H,3,9-10,12-13H2,1-2H3,(H,22,23)(H,24,26). The molecule has 7 nitrogen and oxygen atoms in total. The summed E-state index contributed by atoms with van der Waals surface area (Å²) in [5.41, 5.74) is 2.35. The second kappa shape index (κ2) is 9.21. The number of para-hydroxylation sites is 1. The summed E-state index contributed by atoms with van der Waals surface area (Å²) in [6.07, 6.45) is 2.98. The Bertz CT molecular complexity index is 832. The third-order valence-electron chi connectivity index (χ3n) is 4.79. The number of anilines is 2. The smallest absolute Gasteiger partial charge is 0.409 e. The zero-order chi connectivity index (χ0) is 19.9. The van der Waals surface area contributed by atoms with Gasteiger partial charge in [0.25, 0.3) is 5.91 Å². The van der Waals surface area contributed by atoms with Crippen LogP contribution >= 0.6 is 0 Å². The van der Waals surface area contributed by atoms with Crippen LogP contribution in [0, 0.1) is 6.92 Å². The van der Waals surface area contributed by atoms with Gasteiger partial charge < -0.3 is 20.3 Å². The lowest BCUT2D eigenvalue weighted by Gasteiger charge is -2.31. The molecule has 0 aliphatic carbocycles. The molecule has 2 amide bonds. The van der Waals surface area contributed by atoms with Crippen molar-refractivity contribution >= 4 is 23.5 Å². The van der Waals surface area contributed by atoms with Gasteiger partial charge in [-0.1, -0.05) is 18.2 Å². The van der Waals surface area contributed by atoms with Gasteiger partial charge >= 0.3 is 6.09 Å². The number of benzene rings is 1. The fraction of sp³-hybridized carbons (Fsp3) is 0.381. The number of hydrogen-bond donors (Lipinski definition) is 2. The van der Waals surface area contributed by atoms with Crippen molar-refractivity contribution in [2.75, 3.05) is 30.3 Å². The highest BCUT2D eigenvalue weighted by atomic mass is 16.6. The summed E-state index contributed by atoms with van der Waals surface area (Å²) >= 11 is 0. The van der Waals surface area contributed by atoms with Crippen LogP contribution in [0.1, 0.15) is 35.7 Å². The molecule has 2 aromatic rings. The van der Waals surface area contributed by atoms with E-state index in [0.29, 0.717) is 31.1 Å². The Labute approximate surface area is 165 Å². The van der Waals surface area contributed by atoms with Crippen LogP contribution in [0.5, 0.6) is 0 Å². The van der Waals surface area contributed by atoms with Gasteiger partial charge in [0.15, 0.2) is 0 Å². The Balaban J connectivity index is 1.57. The van der Waals surface area contributed by atoms with E-state index in [1.807, 2.05) is 31.2 Å². The van der Waals surface area contributed by atoms with Crippen molar-refractivity contribution in [3.8, 4) is 0 Å². The number of aryl methyl sites for hydroxylation is 1. The summed E-state index contributed by atoms with van der Waals surface area (Å²) in [4.78, 5) is 30.4. The zero-order valence-corrected chi connectivity index (χ0v) is 16.3. The molecule has 0 bridgehead atoms. The maximum absolute atomic E-state index is 12.6. The van der Waals surface area contributed by atoms with E-state index in [4.69, 9.17) is 4.74 Å². The van der Waals surface area contributed by atoms with Crippen LogP contribution in [-0.4, -0.2) is 47.6 Å². The molecule has 1 aliphatic rings. The SMILES string of the molecule is CCOC(=O)N1CCC(Nc2cc(C(=O)Nc3ccccc3C)ccn2)CC1. The second-order valence-corrected chi connectivity index (χ2v) is 6.80. The van der Waals surface area contributed by atoms with Crippen LogP contribution in [0.25, 0.3) is 0 Å². The Morgan fingerprint density at radius 2 is 1.96 bits per heavy atom. The van der Waals surface area contributed by atoms with Crippen molar-refractivity contribution in [3.63, 3.8) is 0 Å². The number of pyridine rings is 1. The van der Waals surface area contributed by atoms with E-state index in [0.717, 1.165) is 24.1 Å². The Morgan fingerprint density at radius 1 is 1.21 bits per heavy atom. The maximum Gasteiger partial charge on any atom is 0.409 e. The van der Waals surface area contributed by atoms with Gasteiger partial charge in [0.1, 0.15) is 5.82 Å². The van der Waals surface area contributed by atoms with Gasteiger partial charge in [0, 0.05) is 36.6 Å². The highest BCUT2D eigenvalue weighted by Crippen LogP contribution is 2.18. The topological polar surface area (TPSA) is 83.6 Å². The molecule has 0 atom stereocenters. The summed E-state index contributed by atoms with van der Waals surface area (Å²) in [7, 11) is 0. The fourth-order valence-electron chi connectivity index (χ4n) is 3.19. The first-order chi connectivity index (χ1) is 13.6. The van der Waals surface area contributed by atoms with Crippen molar-refractivity contribution in [2.45, 2.75) is 32.7 Å². The lowest BCUT2D eigenvalue weighted by molar-refractivity contribution is 0.0981. The van der Waals surface area contributed by atoms with Gasteiger partial charge in [-0.15, -0.1) is 0 Å². The molecule has 7 heteroatoms. The van der Waals surface area contributed by atoms with Crippen LogP contribution in [0.3, 0.4) is 0 Å². The van der Waals surface area contributed by atoms with Gasteiger partial charge in [-0.2, -0.15) is 0 Å². The van der Waals surface area contributed by atoms with E-state index in [1.54, 1.807) is 30.2 Å². The number of piperidine rings is 1. The molecule has 148 valence electrons. The monoisotopic (exact) mass is 382 g/mol. The average Bonchev–Trinajstić information content (AvgIpc) is 2.70. The molecule has 3 rings (SSSR count). The van der Waals surface area contributed by atoms with Crippen molar-refractivity contribution in [3.05, 3.63) is 53.7 Å². The molecule has 1 aromatic carbocycles. The quantitative estimate of drug-likeness (QED) is 0.824. The van der Waals surface area contributed by atoms with Crippen LogP contribution in [-0.2, 0) is 4.74 Å². The van der Waals surface area contributed by atoms with Crippen LogP contribution in [0.2, 0.25) is 0 Å².